The number of carbonyl (C=O) groups excluding carboxylic acids is 2. The van der Waals surface area contributed by atoms with E-state index >= 15 is 0 Å². The lowest BCUT2D eigenvalue weighted by Gasteiger charge is -2.02. The number of nitrogens with one attached hydrogen (secondary N) is 1. The van der Waals surface area contributed by atoms with Gasteiger partial charge in [0.25, 0.3) is 11.8 Å². The molecule has 0 fully saturated rings. The van der Waals surface area contributed by atoms with E-state index in [1.54, 1.807) is 0 Å². The van der Waals surface area contributed by atoms with Crippen molar-refractivity contribution in [2.24, 2.45) is 5.73 Å². The van der Waals surface area contributed by atoms with Crippen LogP contribution in [0.5, 0.6) is 0 Å². The van der Waals surface area contributed by atoms with Crippen molar-refractivity contribution < 1.29 is 9.59 Å². The SMILES string of the molecule is CC(N)Cc1ccccc1.CCCCC1=CC(=O)NC1=O. The van der Waals surface area contributed by atoms with Crippen LogP contribution in [-0.4, -0.2) is 17.9 Å². The molecule has 0 aromatic heterocycles. The van der Waals surface area contributed by atoms with Crippen LogP contribution >= 0.6 is 0 Å². The Morgan fingerprint density at radius 1 is 1.19 bits per heavy atom. The summed E-state index contributed by atoms with van der Waals surface area (Å²) >= 11 is 0. The van der Waals surface area contributed by atoms with Crippen LogP contribution < -0.4 is 11.1 Å². The summed E-state index contributed by atoms with van der Waals surface area (Å²) in [5, 5.41) is 2.21. The van der Waals surface area contributed by atoms with Crippen LogP contribution in [0.2, 0.25) is 0 Å². The third-order valence-electron chi connectivity index (χ3n) is 3.03. The highest BCUT2D eigenvalue weighted by molar-refractivity contribution is 6.16. The van der Waals surface area contributed by atoms with E-state index in [1.165, 1.54) is 11.6 Å². The summed E-state index contributed by atoms with van der Waals surface area (Å²) in [4.78, 5) is 21.5. The number of benzene rings is 1. The number of rotatable bonds is 5. The number of hydrogen-bond acceptors (Lipinski definition) is 3. The summed E-state index contributed by atoms with van der Waals surface area (Å²) in [6.45, 7) is 4.07. The Bertz CT molecular complexity index is 493. The van der Waals surface area contributed by atoms with Gasteiger partial charge in [-0.3, -0.25) is 14.9 Å². The van der Waals surface area contributed by atoms with E-state index in [1.807, 2.05) is 25.1 Å². The van der Waals surface area contributed by atoms with Crippen molar-refractivity contribution >= 4 is 11.8 Å². The maximum absolute atomic E-state index is 10.9. The van der Waals surface area contributed by atoms with Gasteiger partial charge in [0.05, 0.1) is 0 Å². The van der Waals surface area contributed by atoms with Crippen molar-refractivity contribution in [1.82, 2.24) is 5.32 Å². The first kappa shape index (κ1) is 17.1. The molecule has 0 saturated heterocycles. The summed E-state index contributed by atoms with van der Waals surface area (Å²) in [6, 6.07) is 10.6. The maximum atomic E-state index is 10.9. The van der Waals surface area contributed by atoms with Crippen LogP contribution in [0.15, 0.2) is 42.0 Å². The van der Waals surface area contributed by atoms with Crippen LogP contribution in [0.4, 0.5) is 0 Å². The molecule has 0 radical (unpaired) electrons. The van der Waals surface area contributed by atoms with Gasteiger partial charge < -0.3 is 5.73 Å². The monoisotopic (exact) mass is 288 g/mol. The molecule has 2 rings (SSSR count). The molecule has 114 valence electrons. The number of carbonyl (C=O) groups is 2. The van der Waals surface area contributed by atoms with Gasteiger partial charge in [-0.2, -0.15) is 0 Å². The van der Waals surface area contributed by atoms with Crippen LogP contribution in [0.1, 0.15) is 38.7 Å². The number of nitrogens with two attached hydrogens (primary N) is 1. The maximum Gasteiger partial charge on any atom is 0.254 e. The van der Waals surface area contributed by atoms with Gasteiger partial charge in [0.1, 0.15) is 0 Å². The first-order valence-electron chi connectivity index (χ1n) is 7.38. The summed E-state index contributed by atoms with van der Waals surface area (Å²) in [5.74, 6) is -0.496. The van der Waals surface area contributed by atoms with Gasteiger partial charge >= 0.3 is 0 Å². The fourth-order valence-electron chi connectivity index (χ4n) is 1.99. The molecular formula is C17H24N2O2. The van der Waals surface area contributed by atoms with E-state index in [4.69, 9.17) is 5.73 Å². The van der Waals surface area contributed by atoms with Crippen LogP contribution in [-0.2, 0) is 16.0 Å². The Kier molecular flexibility index (Phi) is 7.40. The lowest BCUT2D eigenvalue weighted by Crippen LogP contribution is -2.22. The number of imide groups is 1. The van der Waals surface area contributed by atoms with Crippen molar-refractivity contribution in [1.29, 1.82) is 0 Å². The van der Waals surface area contributed by atoms with Gasteiger partial charge in [-0.15, -0.1) is 0 Å². The highest BCUT2D eigenvalue weighted by Crippen LogP contribution is 2.10. The third kappa shape index (κ3) is 6.86. The highest BCUT2D eigenvalue weighted by atomic mass is 16.2. The number of unbranched alkanes of at least 4 members (excludes halogenated alkanes) is 1. The molecule has 2 amide bonds. The summed E-state index contributed by atoms with van der Waals surface area (Å²) in [5.41, 5.74) is 7.56. The summed E-state index contributed by atoms with van der Waals surface area (Å²) in [6.07, 6.45) is 5.08. The van der Waals surface area contributed by atoms with E-state index < -0.39 is 0 Å². The lowest BCUT2D eigenvalue weighted by molar-refractivity contribution is -0.123. The Morgan fingerprint density at radius 3 is 2.33 bits per heavy atom. The van der Waals surface area contributed by atoms with Gasteiger partial charge in [0.15, 0.2) is 0 Å². The van der Waals surface area contributed by atoms with Crippen molar-refractivity contribution in [3.8, 4) is 0 Å². The topological polar surface area (TPSA) is 72.2 Å². The molecule has 1 aromatic rings. The predicted octanol–water partition coefficient (Wildman–Crippen LogP) is 2.34. The van der Waals surface area contributed by atoms with E-state index in [0.29, 0.717) is 12.0 Å². The van der Waals surface area contributed by atoms with Gasteiger partial charge in [-0.05, 0) is 31.7 Å². The van der Waals surface area contributed by atoms with Gasteiger partial charge in [0, 0.05) is 17.7 Å². The second kappa shape index (κ2) is 9.08. The molecule has 1 atom stereocenters. The van der Waals surface area contributed by atoms with E-state index in [0.717, 1.165) is 19.3 Å². The average molecular weight is 288 g/mol. The molecule has 0 aliphatic carbocycles. The molecule has 0 saturated carbocycles. The molecule has 0 spiro atoms. The quantitative estimate of drug-likeness (QED) is 0.817. The van der Waals surface area contributed by atoms with Crippen molar-refractivity contribution in [2.45, 2.75) is 45.6 Å². The average Bonchev–Trinajstić information content (AvgIpc) is 2.76. The molecule has 3 N–H and O–H groups in total. The molecule has 1 heterocycles. The highest BCUT2D eigenvalue weighted by Gasteiger charge is 2.19. The fraction of sp³-hybridized carbons (Fsp3) is 0.412. The van der Waals surface area contributed by atoms with Crippen molar-refractivity contribution in [3.05, 3.63) is 47.5 Å². The van der Waals surface area contributed by atoms with Crippen molar-refractivity contribution in [2.75, 3.05) is 0 Å². The summed E-state index contributed by atoms with van der Waals surface area (Å²) in [7, 11) is 0. The second-order valence-corrected chi connectivity index (χ2v) is 5.26. The molecule has 1 unspecified atom stereocenters. The Labute approximate surface area is 126 Å². The fourth-order valence-corrected chi connectivity index (χ4v) is 1.99. The molecular weight excluding hydrogens is 264 g/mol. The predicted molar refractivity (Wildman–Crippen MR) is 84.6 cm³/mol. The van der Waals surface area contributed by atoms with Crippen LogP contribution in [0, 0.1) is 0 Å². The smallest absolute Gasteiger partial charge is 0.254 e. The summed E-state index contributed by atoms with van der Waals surface area (Å²) < 4.78 is 0. The molecule has 1 aromatic carbocycles. The van der Waals surface area contributed by atoms with Gasteiger partial charge in [-0.25, -0.2) is 0 Å². The standard InChI is InChI=1S/C9H13N.C8H11NO2/c1-8(10)7-9-5-3-2-4-6-9;1-2-3-4-6-5-7(10)9-8(6)11/h2-6,8H,7,10H2,1H3;5H,2-4H2,1H3,(H,9,10,11). The minimum absolute atomic E-state index is 0.219. The third-order valence-corrected chi connectivity index (χ3v) is 3.03. The molecule has 1 aliphatic heterocycles. The Hall–Kier alpha value is -1.94. The van der Waals surface area contributed by atoms with E-state index in [9.17, 15) is 9.59 Å². The molecule has 0 bridgehead atoms. The van der Waals surface area contributed by atoms with Gasteiger partial charge in [-0.1, -0.05) is 43.7 Å². The normalized spacial score (nSPS) is 14.9. The first-order valence-corrected chi connectivity index (χ1v) is 7.38. The molecule has 4 heteroatoms. The molecule has 21 heavy (non-hydrogen) atoms. The minimum Gasteiger partial charge on any atom is -0.328 e. The zero-order chi connectivity index (χ0) is 15.7. The van der Waals surface area contributed by atoms with Crippen LogP contribution in [0.3, 0.4) is 0 Å². The Balaban J connectivity index is 0.000000211. The van der Waals surface area contributed by atoms with Crippen molar-refractivity contribution in [3.63, 3.8) is 0 Å². The Morgan fingerprint density at radius 2 is 1.86 bits per heavy atom. The molecule has 1 aliphatic rings. The second-order valence-electron chi connectivity index (χ2n) is 5.26. The first-order chi connectivity index (χ1) is 10.0. The minimum atomic E-state index is -0.277. The van der Waals surface area contributed by atoms with Crippen LogP contribution in [0.25, 0.3) is 0 Å². The van der Waals surface area contributed by atoms with Gasteiger partial charge in [0.2, 0.25) is 0 Å². The number of hydrogen-bond donors (Lipinski definition) is 2. The van der Waals surface area contributed by atoms with E-state index in [2.05, 4.69) is 24.4 Å². The lowest BCUT2D eigenvalue weighted by atomic mass is 10.1. The molecule has 4 nitrogen and oxygen atoms in total. The zero-order valence-electron chi connectivity index (χ0n) is 12.8. The van der Waals surface area contributed by atoms with E-state index in [-0.39, 0.29) is 17.9 Å². The number of amides is 2. The zero-order valence-corrected chi connectivity index (χ0v) is 12.8. The largest absolute Gasteiger partial charge is 0.328 e.